The lowest BCUT2D eigenvalue weighted by Crippen LogP contribution is -1.84. The van der Waals surface area contributed by atoms with E-state index in [0.717, 1.165) is 5.56 Å². The number of nitrogens with one attached hydrogen (secondary N) is 1. The van der Waals surface area contributed by atoms with Crippen molar-refractivity contribution in [3.8, 4) is 0 Å². The van der Waals surface area contributed by atoms with Gasteiger partial charge >= 0.3 is 0 Å². The molecule has 6 heteroatoms. The Labute approximate surface area is 90.7 Å². The van der Waals surface area contributed by atoms with Gasteiger partial charge in [0.2, 0.25) is 0 Å². The molecule has 6 nitrogen and oxygen atoms in total. The molecule has 0 atom stereocenters. The van der Waals surface area contributed by atoms with Crippen LogP contribution in [0.25, 0.3) is 5.78 Å². The summed E-state index contributed by atoms with van der Waals surface area (Å²) >= 11 is 0. The van der Waals surface area contributed by atoms with Gasteiger partial charge in [-0.1, -0.05) is 30.3 Å². The zero-order valence-electron chi connectivity index (χ0n) is 8.28. The van der Waals surface area contributed by atoms with E-state index in [1.54, 1.807) is 17.1 Å². The molecule has 78 valence electrons. The van der Waals surface area contributed by atoms with Gasteiger partial charge in [0.1, 0.15) is 6.33 Å². The first-order chi connectivity index (χ1) is 7.93. The van der Waals surface area contributed by atoms with Crippen LogP contribution in [0.1, 0.15) is 5.56 Å². The van der Waals surface area contributed by atoms with Gasteiger partial charge in [-0.25, -0.2) is 4.99 Å². The zero-order valence-corrected chi connectivity index (χ0v) is 8.28. The summed E-state index contributed by atoms with van der Waals surface area (Å²) in [6, 6.07) is 9.80. The lowest BCUT2D eigenvalue weighted by atomic mass is 10.2. The number of hydrogen-bond acceptors (Lipinski definition) is 4. The summed E-state index contributed by atoms with van der Waals surface area (Å²) in [5.74, 6) is 0.997. The molecule has 0 amide bonds. The van der Waals surface area contributed by atoms with Crippen molar-refractivity contribution in [1.29, 1.82) is 0 Å². The van der Waals surface area contributed by atoms with Crippen LogP contribution in [0.5, 0.6) is 0 Å². The molecule has 0 aliphatic rings. The first-order valence-corrected chi connectivity index (χ1v) is 4.77. The Morgan fingerprint density at radius 2 is 2.06 bits per heavy atom. The minimum atomic E-state index is 0.483. The summed E-state index contributed by atoms with van der Waals surface area (Å²) in [5, 5.41) is 10.6. The maximum Gasteiger partial charge on any atom is 0.273 e. The largest absolute Gasteiger partial charge is 0.278 e. The third-order valence-electron chi connectivity index (χ3n) is 2.12. The van der Waals surface area contributed by atoms with E-state index >= 15 is 0 Å². The quantitative estimate of drug-likeness (QED) is 0.649. The summed E-state index contributed by atoms with van der Waals surface area (Å²) < 4.78 is 1.61. The molecule has 0 radical (unpaired) electrons. The van der Waals surface area contributed by atoms with E-state index in [2.05, 4.69) is 25.3 Å². The molecule has 0 aliphatic carbocycles. The van der Waals surface area contributed by atoms with Gasteiger partial charge in [0, 0.05) is 6.21 Å². The third-order valence-corrected chi connectivity index (χ3v) is 2.12. The molecule has 3 rings (SSSR count). The Bertz CT molecular complexity index is 621. The molecule has 0 aliphatic heterocycles. The topological polar surface area (TPSA) is 71.2 Å². The second-order valence-corrected chi connectivity index (χ2v) is 3.19. The van der Waals surface area contributed by atoms with E-state index in [9.17, 15) is 0 Å². The Kier molecular flexibility index (Phi) is 1.96. The minimum Gasteiger partial charge on any atom is -0.278 e. The Hall–Kier alpha value is -2.50. The average Bonchev–Trinajstić information content (AvgIpc) is 2.90. The number of aromatic nitrogens is 5. The molecule has 0 bridgehead atoms. The Morgan fingerprint density at radius 3 is 2.94 bits per heavy atom. The first kappa shape index (κ1) is 8.78. The highest BCUT2D eigenvalue weighted by Gasteiger charge is 2.03. The van der Waals surface area contributed by atoms with Crippen LogP contribution >= 0.6 is 0 Å². The maximum atomic E-state index is 4.23. The molecule has 1 N–H and O–H groups in total. The molecule has 16 heavy (non-hydrogen) atoms. The molecule has 3 aromatic rings. The Morgan fingerprint density at radius 1 is 1.19 bits per heavy atom. The van der Waals surface area contributed by atoms with E-state index in [1.165, 1.54) is 0 Å². The predicted octanol–water partition coefficient (Wildman–Crippen LogP) is 1.20. The molecule has 2 heterocycles. The van der Waals surface area contributed by atoms with Crippen molar-refractivity contribution in [2.75, 3.05) is 0 Å². The van der Waals surface area contributed by atoms with E-state index < -0.39 is 0 Å². The second kappa shape index (κ2) is 3.58. The van der Waals surface area contributed by atoms with Crippen LogP contribution in [-0.2, 0) is 0 Å². The number of aromatic amines is 1. The standard InChI is InChI=1S/C10H8N6/c1-2-4-8(5-3-1)6-11-9-14-15-10-12-7-13-16(9)10/h1-7H,(H,12,13,15). The van der Waals surface area contributed by atoms with Crippen LogP contribution in [0.3, 0.4) is 0 Å². The highest BCUT2D eigenvalue weighted by molar-refractivity contribution is 5.81. The van der Waals surface area contributed by atoms with Crippen molar-refractivity contribution in [1.82, 2.24) is 24.8 Å². The summed E-state index contributed by atoms with van der Waals surface area (Å²) in [5.41, 5.74) is 1.01. The van der Waals surface area contributed by atoms with Gasteiger partial charge < -0.3 is 0 Å². The molecular formula is C10H8N6. The SMILES string of the molecule is C(=Nc1nnc2nc[nH]n12)c1ccccc1. The second-order valence-electron chi connectivity index (χ2n) is 3.19. The lowest BCUT2D eigenvalue weighted by Gasteiger charge is -1.89. The van der Waals surface area contributed by atoms with Crippen molar-refractivity contribution in [3.63, 3.8) is 0 Å². The highest BCUT2D eigenvalue weighted by atomic mass is 15.4. The number of aliphatic imine (C=N–C) groups is 1. The number of benzene rings is 1. The van der Waals surface area contributed by atoms with E-state index in [4.69, 9.17) is 0 Å². The van der Waals surface area contributed by atoms with Crippen molar-refractivity contribution < 1.29 is 0 Å². The molecule has 0 saturated heterocycles. The molecule has 0 spiro atoms. The van der Waals surface area contributed by atoms with Gasteiger partial charge in [-0.3, -0.25) is 5.10 Å². The highest BCUT2D eigenvalue weighted by Crippen LogP contribution is 2.07. The number of hydrogen-bond donors (Lipinski definition) is 1. The number of H-pyrrole nitrogens is 1. The smallest absolute Gasteiger partial charge is 0.273 e. The van der Waals surface area contributed by atoms with Crippen LogP contribution in [0.2, 0.25) is 0 Å². The van der Waals surface area contributed by atoms with Gasteiger partial charge in [-0.15, -0.1) is 10.2 Å². The van der Waals surface area contributed by atoms with Crippen LogP contribution < -0.4 is 0 Å². The lowest BCUT2D eigenvalue weighted by molar-refractivity contribution is 0.950. The van der Waals surface area contributed by atoms with Gasteiger partial charge in [-0.2, -0.15) is 9.50 Å². The van der Waals surface area contributed by atoms with Gasteiger partial charge in [0.25, 0.3) is 11.7 Å². The van der Waals surface area contributed by atoms with Gasteiger partial charge in [0.15, 0.2) is 0 Å². The van der Waals surface area contributed by atoms with Crippen LogP contribution in [0, 0.1) is 0 Å². The molecule has 2 aromatic heterocycles. The summed E-state index contributed by atoms with van der Waals surface area (Å²) in [7, 11) is 0. The van der Waals surface area contributed by atoms with Crippen molar-refractivity contribution >= 4 is 17.9 Å². The summed E-state index contributed by atoms with van der Waals surface area (Å²) in [4.78, 5) is 8.18. The van der Waals surface area contributed by atoms with E-state index in [-0.39, 0.29) is 0 Å². The predicted molar refractivity (Wildman–Crippen MR) is 58.8 cm³/mol. The van der Waals surface area contributed by atoms with Crippen molar-refractivity contribution in [2.24, 2.45) is 4.99 Å². The van der Waals surface area contributed by atoms with Crippen LogP contribution in [-0.4, -0.2) is 31.0 Å². The summed E-state index contributed by atoms with van der Waals surface area (Å²) in [6.45, 7) is 0. The number of nitrogens with zero attached hydrogens (tertiary/aromatic N) is 5. The first-order valence-electron chi connectivity index (χ1n) is 4.77. The molecule has 1 aromatic carbocycles. The zero-order chi connectivity index (χ0) is 10.8. The fourth-order valence-corrected chi connectivity index (χ4v) is 1.37. The van der Waals surface area contributed by atoms with Crippen molar-refractivity contribution in [3.05, 3.63) is 42.2 Å². The molecule has 0 unspecified atom stereocenters. The van der Waals surface area contributed by atoms with Crippen LogP contribution in [0.4, 0.5) is 5.95 Å². The fourth-order valence-electron chi connectivity index (χ4n) is 1.37. The molecule has 0 fully saturated rings. The van der Waals surface area contributed by atoms with Crippen molar-refractivity contribution in [2.45, 2.75) is 0 Å². The molecule has 0 saturated carbocycles. The minimum absolute atomic E-state index is 0.483. The summed E-state index contributed by atoms with van der Waals surface area (Å²) in [6.07, 6.45) is 3.28. The normalized spacial score (nSPS) is 11.5. The maximum absolute atomic E-state index is 4.23. The van der Waals surface area contributed by atoms with Crippen LogP contribution in [0.15, 0.2) is 41.7 Å². The van der Waals surface area contributed by atoms with E-state index in [1.807, 2.05) is 30.3 Å². The average molecular weight is 212 g/mol. The third kappa shape index (κ3) is 1.46. The van der Waals surface area contributed by atoms with E-state index in [0.29, 0.717) is 11.7 Å². The van der Waals surface area contributed by atoms with Gasteiger partial charge in [0.05, 0.1) is 0 Å². The van der Waals surface area contributed by atoms with Gasteiger partial charge in [-0.05, 0) is 5.56 Å². The molecular weight excluding hydrogens is 204 g/mol. The fraction of sp³-hybridized carbons (Fsp3) is 0. The number of rotatable bonds is 2. The Balaban J connectivity index is 1.96. The monoisotopic (exact) mass is 212 g/mol. The number of fused-ring (bicyclic) bond motifs is 1.